The minimum absolute atomic E-state index is 0.0674. The molecule has 0 aliphatic rings. The largest absolute Gasteiger partial charge is 0.493 e. The molecule has 0 radical (unpaired) electrons. The normalized spacial score (nSPS) is 11.0. The average molecular weight is 332 g/mol. The third-order valence-corrected chi connectivity index (χ3v) is 3.66. The van der Waals surface area contributed by atoms with Crippen molar-refractivity contribution in [3.05, 3.63) is 40.9 Å². The van der Waals surface area contributed by atoms with Crippen LogP contribution in [-0.2, 0) is 4.79 Å². The molecule has 2 aromatic rings. The quantitative estimate of drug-likeness (QED) is 0.815. The molecule has 1 aromatic carbocycles. The molecule has 0 saturated heterocycles. The maximum absolute atomic E-state index is 11.9. The molecule has 5 nitrogen and oxygen atoms in total. The molecule has 0 spiro atoms. The van der Waals surface area contributed by atoms with Gasteiger partial charge in [-0.15, -0.1) is 11.3 Å². The Kier molecular flexibility index (Phi) is 5.76. The number of amides is 1. The number of thiazole rings is 1. The minimum atomic E-state index is -0.221. The van der Waals surface area contributed by atoms with Crippen molar-refractivity contribution < 1.29 is 14.3 Å². The molecule has 6 heteroatoms. The van der Waals surface area contributed by atoms with Crippen LogP contribution in [0.3, 0.4) is 0 Å². The summed E-state index contributed by atoms with van der Waals surface area (Å²) in [4.78, 5) is 17.0. The maximum Gasteiger partial charge on any atom is 0.250 e. The van der Waals surface area contributed by atoms with Crippen LogP contribution in [0.5, 0.6) is 11.5 Å². The number of carbonyl (C=O) groups excluding carboxylic acids is 1. The number of benzene rings is 1. The van der Waals surface area contributed by atoms with E-state index < -0.39 is 0 Å². The molecule has 122 valence electrons. The Labute approximate surface area is 140 Å². The molecule has 1 aromatic heterocycles. The van der Waals surface area contributed by atoms with Gasteiger partial charge in [0.1, 0.15) is 0 Å². The molecule has 0 atom stereocenters. The van der Waals surface area contributed by atoms with Gasteiger partial charge in [-0.1, -0.05) is 6.07 Å². The van der Waals surface area contributed by atoms with Gasteiger partial charge in [0.05, 0.1) is 13.2 Å². The van der Waals surface area contributed by atoms with Gasteiger partial charge >= 0.3 is 0 Å². The summed E-state index contributed by atoms with van der Waals surface area (Å²) in [6.45, 7) is 5.85. The number of anilines is 1. The number of nitrogens with zero attached hydrogens (tertiary/aromatic N) is 1. The van der Waals surface area contributed by atoms with E-state index in [2.05, 4.69) is 10.3 Å². The number of nitrogens with one attached hydrogen (secondary N) is 1. The summed E-state index contributed by atoms with van der Waals surface area (Å²) in [7, 11) is 1.59. The van der Waals surface area contributed by atoms with Gasteiger partial charge in [-0.3, -0.25) is 10.1 Å². The zero-order valence-corrected chi connectivity index (χ0v) is 14.4. The second-order valence-electron chi connectivity index (χ2n) is 5.18. The Balaban J connectivity index is 2.05. The van der Waals surface area contributed by atoms with Crippen LogP contribution in [0, 0.1) is 6.92 Å². The highest BCUT2D eigenvalue weighted by molar-refractivity contribution is 7.15. The van der Waals surface area contributed by atoms with Crippen LogP contribution in [0.1, 0.15) is 24.3 Å². The number of aromatic nitrogens is 1. The SMILES string of the molecule is COc1cc(/C=C/C(=O)Nc2ncc(C)s2)ccc1OC(C)C. The fourth-order valence-corrected chi connectivity index (χ4v) is 2.54. The van der Waals surface area contributed by atoms with Crippen LogP contribution >= 0.6 is 11.3 Å². The van der Waals surface area contributed by atoms with Crippen molar-refractivity contribution >= 4 is 28.5 Å². The fraction of sp³-hybridized carbons (Fsp3) is 0.294. The van der Waals surface area contributed by atoms with E-state index in [-0.39, 0.29) is 12.0 Å². The zero-order valence-electron chi connectivity index (χ0n) is 13.6. The van der Waals surface area contributed by atoms with Gasteiger partial charge in [0.15, 0.2) is 16.6 Å². The molecule has 0 aliphatic heterocycles. The Hall–Kier alpha value is -2.34. The van der Waals surface area contributed by atoms with Crippen molar-refractivity contribution in [2.75, 3.05) is 12.4 Å². The lowest BCUT2D eigenvalue weighted by atomic mass is 10.2. The Bertz CT molecular complexity index is 708. The molecule has 0 saturated carbocycles. The summed E-state index contributed by atoms with van der Waals surface area (Å²) in [5.41, 5.74) is 0.850. The molecule has 0 bridgehead atoms. The third kappa shape index (κ3) is 5.10. The predicted molar refractivity (Wildman–Crippen MR) is 93.3 cm³/mol. The van der Waals surface area contributed by atoms with Crippen LogP contribution in [0.25, 0.3) is 6.08 Å². The van der Waals surface area contributed by atoms with Crippen molar-refractivity contribution in [1.29, 1.82) is 0 Å². The standard InChI is InChI=1S/C17H20N2O3S/c1-11(2)22-14-7-5-13(9-15(14)21-4)6-8-16(20)19-17-18-10-12(3)23-17/h5-11H,1-4H3,(H,18,19,20)/b8-6+. The van der Waals surface area contributed by atoms with Gasteiger partial charge in [-0.05, 0) is 44.5 Å². The molecule has 0 aliphatic carbocycles. The minimum Gasteiger partial charge on any atom is -0.493 e. The van der Waals surface area contributed by atoms with Crippen LogP contribution in [0.4, 0.5) is 5.13 Å². The molecule has 0 fully saturated rings. The van der Waals surface area contributed by atoms with E-state index in [1.54, 1.807) is 19.4 Å². The lowest BCUT2D eigenvalue weighted by Gasteiger charge is -2.13. The number of hydrogen-bond acceptors (Lipinski definition) is 5. The fourth-order valence-electron chi connectivity index (χ4n) is 1.87. The first kappa shape index (κ1) is 17.0. The van der Waals surface area contributed by atoms with E-state index in [0.717, 1.165) is 10.4 Å². The van der Waals surface area contributed by atoms with Gasteiger partial charge < -0.3 is 9.47 Å². The Morgan fingerprint density at radius 3 is 2.74 bits per heavy atom. The van der Waals surface area contributed by atoms with Gasteiger partial charge in [0.25, 0.3) is 0 Å². The number of methoxy groups -OCH3 is 1. The Morgan fingerprint density at radius 1 is 1.35 bits per heavy atom. The second kappa shape index (κ2) is 7.78. The van der Waals surface area contributed by atoms with Crippen LogP contribution in [-0.4, -0.2) is 24.1 Å². The van der Waals surface area contributed by atoms with Gasteiger partial charge in [-0.25, -0.2) is 4.98 Å². The summed E-state index contributed by atoms with van der Waals surface area (Å²) < 4.78 is 11.0. The van der Waals surface area contributed by atoms with E-state index in [1.807, 2.05) is 39.0 Å². The number of carbonyl (C=O) groups is 1. The van der Waals surface area contributed by atoms with Crippen molar-refractivity contribution in [2.24, 2.45) is 0 Å². The van der Waals surface area contributed by atoms with E-state index in [4.69, 9.17) is 9.47 Å². The summed E-state index contributed by atoms with van der Waals surface area (Å²) >= 11 is 1.44. The number of hydrogen-bond donors (Lipinski definition) is 1. The number of aryl methyl sites for hydroxylation is 1. The molecular weight excluding hydrogens is 312 g/mol. The van der Waals surface area contributed by atoms with Crippen LogP contribution in [0.2, 0.25) is 0 Å². The van der Waals surface area contributed by atoms with Gasteiger partial charge in [0.2, 0.25) is 5.91 Å². The van der Waals surface area contributed by atoms with Gasteiger partial charge in [0, 0.05) is 17.2 Å². The topological polar surface area (TPSA) is 60.5 Å². The van der Waals surface area contributed by atoms with Gasteiger partial charge in [-0.2, -0.15) is 0 Å². The van der Waals surface area contributed by atoms with Crippen molar-refractivity contribution in [3.63, 3.8) is 0 Å². The molecular formula is C17H20N2O3S. The first-order valence-electron chi connectivity index (χ1n) is 7.24. The second-order valence-corrected chi connectivity index (χ2v) is 6.41. The average Bonchev–Trinajstić information content (AvgIpc) is 2.90. The van der Waals surface area contributed by atoms with Crippen molar-refractivity contribution in [2.45, 2.75) is 26.9 Å². The molecule has 2 rings (SSSR count). The third-order valence-electron chi connectivity index (χ3n) is 2.83. The maximum atomic E-state index is 11.9. The first-order valence-corrected chi connectivity index (χ1v) is 8.05. The molecule has 23 heavy (non-hydrogen) atoms. The van der Waals surface area contributed by atoms with E-state index in [0.29, 0.717) is 16.6 Å². The molecule has 1 N–H and O–H groups in total. The smallest absolute Gasteiger partial charge is 0.250 e. The summed E-state index contributed by atoms with van der Waals surface area (Å²) in [6.07, 6.45) is 4.98. The Morgan fingerprint density at radius 2 is 2.13 bits per heavy atom. The lowest BCUT2D eigenvalue weighted by Crippen LogP contribution is -2.07. The van der Waals surface area contributed by atoms with Crippen LogP contribution < -0.4 is 14.8 Å². The van der Waals surface area contributed by atoms with Crippen molar-refractivity contribution in [1.82, 2.24) is 4.98 Å². The summed E-state index contributed by atoms with van der Waals surface area (Å²) in [5.74, 6) is 1.10. The molecule has 0 unspecified atom stereocenters. The number of ether oxygens (including phenoxy) is 2. The van der Waals surface area contributed by atoms with E-state index in [9.17, 15) is 4.79 Å². The highest BCUT2D eigenvalue weighted by Gasteiger charge is 2.07. The van der Waals surface area contributed by atoms with E-state index in [1.165, 1.54) is 17.4 Å². The highest BCUT2D eigenvalue weighted by Crippen LogP contribution is 2.29. The van der Waals surface area contributed by atoms with E-state index >= 15 is 0 Å². The monoisotopic (exact) mass is 332 g/mol. The molecule has 1 heterocycles. The summed E-state index contributed by atoms with van der Waals surface area (Å²) in [6, 6.07) is 5.53. The highest BCUT2D eigenvalue weighted by atomic mass is 32.1. The lowest BCUT2D eigenvalue weighted by molar-refractivity contribution is -0.111. The first-order chi connectivity index (χ1) is 11.0. The number of rotatable bonds is 6. The zero-order chi connectivity index (χ0) is 16.8. The van der Waals surface area contributed by atoms with Crippen LogP contribution in [0.15, 0.2) is 30.5 Å². The van der Waals surface area contributed by atoms with Crippen molar-refractivity contribution in [3.8, 4) is 11.5 Å². The summed E-state index contributed by atoms with van der Waals surface area (Å²) in [5, 5.41) is 3.32. The molecule has 1 amide bonds. The predicted octanol–water partition coefficient (Wildman–Crippen LogP) is 3.90.